The number of hydrogen-bond donors (Lipinski definition) is 2. The Bertz CT molecular complexity index is 484. The number of hydrogen-bond acceptors (Lipinski definition) is 5. The Morgan fingerprint density at radius 1 is 1.30 bits per heavy atom. The third-order valence-electron chi connectivity index (χ3n) is 4.13. The van der Waals surface area contributed by atoms with Gasteiger partial charge < -0.3 is 11.1 Å². The number of rotatable bonds is 4. The maximum atomic E-state index is 6.04. The average Bonchev–Trinajstić information content (AvgIpc) is 2.31. The van der Waals surface area contributed by atoms with Crippen molar-refractivity contribution in [1.29, 1.82) is 0 Å². The maximum absolute atomic E-state index is 6.04. The van der Waals surface area contributed by atoms with E-state index in [1.54, 1.807) is 0 Å². The van der Waals surface area contributed by atoms with Crippen molar-refractivity contribution in [3.63, 3.8) is 0 Å². The van der Waals surface area contributed by atoms with Gasteiger partial charge in [-0.2, -0.15) is 11.8 Å². The minimum Gasteiger partial charge on any atom is -0.383 e. The van der Waals surface area contributed by atoms with Gasteiger partial charge >= 0.3 is 0 Å². The molecular formula is C15H26N4S. The van der Waals surface area contributed by atoms with Gasteiger partial charge in [0.15, 0.2) is 0 Å². The van der Waals surface area contributed by atoms with Crippen molar-refractivity contribution in [2.45, 2.75) is 57.1 Å². The van der Waals surface area contributed by atoms with E-state index >= 15 is 0 Å². The molecule has 3 N–H and O–H groups in total. The lowest BCUT2D eigenvalue weighted by Crippen LogP contribution is -2.40. The lowest BCUT2D eigenvalue weighted by atomic mass is 9.84. The Balaban J connectivity index is 2.20. The maximum Gasteiger partial charge on any atom is 0.138 e. The molecule has 0 radical (unpaired) electrons. The Hall–Kier alpha value is -0.970. The van der Waals surface area contributed by atoms with Crippen LogP contribution in [0.1, 0.15) is 51.4 Å². The van der Waals surface area contributed by atoms with Crippen molar-refractivity contribution in [3.8, 4) is 0 Å². The molecule has 0 atom stereocenters. The summed E-state index contributed by atoms with van der Waals surface area (Å²) in [5.41, 5.74) is 6.90. The summed E-state index contributed by atoms with van der Waals surface area (Å²) in [6.07, 6.45) is 6.10. The van der Waals surface area contributed by atoms with Crippen LogP contribution in [0.5, 0.6) is 0 Å². The van der Waals surface area contributed by atoms with Gasteiger partial charge in [-0.15, -0.1) is 0 Å². The highest BCUT2D eigenvalue weighted by Crippen LogP contribution is 2.42. The average molecular weight is 294 g/mol. The van der Waals surface area contributed by atoms with Crippen LogP contribution in [0, 0.1) is 6.92 Å². The first-order valence-electron chi connectivity index (χ1n) is 7.21. The molecule has 1 aromatic rings. The standard InChI is InChI=1S/C15H26N4S/c1-10-11(16)18-13(14(2,3)4)19-12(10)17-9-15(20-5)7-6-8-15/h6-9H2,1-5H3,(H3,16,17,18,19). The van der Waals surface area contributed by atoms with Crippen molar-refractivity contribution in [2.24, 2.45) is 0 Å². The summed E-state index contributed by atoms with van der Waals surface area (Å²) >= 11 is 1.96. The molecule has 0 bridgehead atoms. The molecule has 1 saturated carbocycles. The van der Waals surface area contributed by atoms with Crippen LogP contribution in [0.3, 0.4) is 0 Å². The van der Waals surface area contributed by atoms with E-state index in [1.165, 1.54) is 19.3 Å². The van der Waals surface area contributed by atoms with Crippen LogP contribution in [-0.4, -0.2) is 27.5 Å². The summed E-state index contributed by atoms with van der Waals surface area (Å²) in [6, 6.07) is 0. The van der Waals surface area contributed by atoms with E-state index in [0.717, 1.165) is 23.8 Å². The second kappa shape index (κ2) is 5.43. The predicted octanol–water partition coefficient (Wildman–Crippen LogP) is 3.36. The Morgan fingerprint density at radius 3 is 2.40 bits per heavy atom. The highest BCUT2D eigenvalue weighted by Gasteiger charge is 2.36. The molecule has 0 aliphatic heterocycles. The SMILES string of the molecule is CSC1(CNc2nc(C(C)(C)C)nc(N)c2C)CCC1. The second-order valence-corrected chi connectivity index (χ2v) is 8.02. The lowest BCUT2D eigenvalue weighted by Gasteiger charge is -2.40. The van der Waals surface area contributed by atoms with Gasteiger partial charge in [-0.1, -0.05) is 27.2 Å². The minimum absolute atomic E-state index is 0.0914. The first-order valence-corrected chi connectivity index (χ1v) is 8.43. The Morgan fingerprint density at radius 2 is 1.95 bits per heavy atom. The van der Waals surface area contributed by atoms with E-state index in [0.29, 0.717) is 10.6 Å². The highest BCUT2D eigenvalue weighted by atomic mass is 32.2. The van der Waals surface area contributed by atoms with Crippen molar-refractivity contribution in [3.05, 3.63) is 11.4 Å². The summed E-state index contributed by atoms with van der Waals surface area (Å²) in [6.45, 7) is 9.26. The third kappa shape index (κ3) is 3.03. The molecule has 1 aliphatic carbocycles. The molecular weight excluding hydrogens is 268 g/mol. The molecule has 1 aliphatic rings. The molecule has 20 heavy (non-hydrogen) atoms. The van der Waals surface area contributed by atoms with Crippen molar-refractivity contribution >= 4 is 23.4 Å². The van der Waals surface area contributed by atoms with E-state index in [9.17, 15) is 0 Å². The van der Waals surface area contributed by atoms with E-state index in [2.05, 4.69) is 42.3 Å². The molecule has 1 fully saturated rings. The number of nitrogens with one attached hydrogen (secondary N) is 1. The van der Waals surface area contributed by atoms with Crippen LogP contribution in [0.15, 0.2) is 0 Å². The molecule has 112 valence electrons. The summed E-state index contributed by atoms with van der Waals surface area (Å²) in [5.74, 6) is 2.27. The molecule has 1 aromatic heterocycles. The van der Waals surface area contributed by atoms with Crippen LogP contribution in [-0.2, 0) is 5.41 Å². The Kier molecular flexibility index (Phi) is 4.19. The van der Waals surface area contributed by atoms with Gasteiger partial charge in [0.25, 0.3) is 0 Å². The quantitative estimate of drug-likeness (QED) is 0.891. The van der Waals surface area contributed by atoms with Crippen molar-refractivity contribution in [1.82, 2.24) is 9.97 Å². The molecule has 4 nitrogen and oxygen atoms in total. The highest BCUT2D eigenvalue weighted by molar-refractivity contribution is 8.00. The third-order valence-corrected chi connectivity index (χ3v) is 5.55. The molecule has 0 spiro atoms. The number of aromatic nitrogens is 2. The first kappa shape index (κ1) is 15.4. The minimum atomic E-state index is -0.0914. The van der Waals surface area contributed by atoms with Gasteiger partial charge in [-0.05, 0) is 26.0 Å². The fourth-order valence-corrected chi connectivity index (χ4v) is 3.22. The van der Waals surface area contributed by atoms with E-state index in [1.807, 2.05) is 18.7 Å². The first-order chi connectivity index (χ1) is 9.27. The topological polar surface area (TPSA) is 63.8 Å². The van der Waals surface area contributed by atoms with E-state index in [-0.39, 0.29) is 5.41 Å². The molecule has 0 saturated heterocycles. The molecule has 1 heterocycles. The summed E-state index contributed by atoms with van der Waals surface area (Å²) in [4.78, 5) is 9.11. The summed E-state index contributed by atoms with van der Waals surface area (Å²) in [7, 11) is 0. The van der Waals surface area contributed by atoms with Crippen LogP contribution >= 0.6 is 11.8 Å². The number of nitrogens with zero attached hydrogens (tertiary/aromatic N) is 2. The van der Waals surface area contributed by atoms with E-state index in [4.69, 9.17) is 5.73 Å². The zero-order valence-corrected chi connectivity index (χ0v) is 14.0. The number of anilines is 2. The molecule has 0 unspecified atom stereocenters. The zero-order chi connectivity index (χ0) is 15.0. The van der Waals surface area contributed by atoms with Crippen LogP contribution < -0.4 is 11.1 Å². The van der Waals surface area contributed by atoms with Gasteiger partial charge in [0.1, 0.15) is 17.5 Å². The number of thioether (sulfide) groups is 1. The normalized spacial score (nSPS) is 17.6. The predicted molar refractivity (Wildman–Crippen MR) is 88.5 cm³/mol. The molecule has 0 aromatic carbocycles. The van der Waals surface area contributed by atoms with Crippen molar-refractivity contribution < 1.29 is 0 Å². The van der Waals surface area contributed by atoms with Crippen molar-refractivity contribution in [2.75, 3.05) is 23.9 Å². The second-order valence-electron chi connectivity index (χ2n) is 6.75. The van der Waals surface area contributed by atoms with Crippen LogP contribution in [0.2, 0.25) is 0 Å². The van der Waals surface area contributed by atoms with Gasteiger partial charge in [0.05, 0.1) is 0 Å². The fourth-order valence-electron chi connectivity index (χ4n) is 2.31. The zero-order valence-electron chi connectivity index (χ0n) is 13.2. The molecule has 0 amide bonds. The monoisotopic (exact) mass is 294 g/mol. The largest absolute Gasteiger partial charge is 0.383 e. The van der Waals surface area contributed by atoms with Gasteiger partial charge in [-0.25, -0.2) is 9.97 Å². The smallest absolute Gasteiger partial charge is 0.138 e. The van der Waals surface area contributed by atoms with Gasteiger partial charge in [-0.3, -0.25) is 0 Å². The fraction of sp³-hybridized carbons (Fsp3) is 0.733. The summed E-state index contributed by atoms with van der Waals surface area (Å²) < 4.78 is 0.383. The van der Waals surface area contributed by atoms with E-state index < -0.39 is 0 Å². The lowest BCUT2D eigenvalue weighted by molar-refractivity contribution is 0.379. The van der Waals surface area contributed by atoms with Crippen LogP contribution in [0.4, 0.5) is 11.6 Å². The number of nitrogens with two attached hydrogens (primary N) is 1. The molecule has 5 heteroatoms. The van der Waals surface area contributed by atoms with Crippen LogP contribution in [0.25, 0.3) is 0 Å². The van der Waals surface area contributed by atoms with Gasteiger partial charge in [0.2, 0.25) is 0 Å². The Labute approximate surface area is 126 Å². The molecule has 2 rings (SSSR count). The van der Waals surface area contributed by atoms with Gasteiger partial charge in [0, 0.05) is 22.3 Å². The summed E-state index contributed by atoms with van der Waals surface area (Å²) in [5, 5.41) is 3.51. The number of nitrogen functional groups attached to an aromatic ring is 1.